The van der Waals surface area contributed by atoms with Crippen molar-refractivity contribution in [3.05, 3.63) is 30.1 Å². The van der Waals surface area contributed by atoms with Gasteiger partial charge in [0, 0.05) is 44.7 Å². The number of fused-ring (bicyclic) bond motifs is 1. The van der Waals surface area contributed by atoms with Crippen molar-refractivity contribution in [2.45, 2.75) is 6.54 Å². The summed E-state index contributed by atoms with van der Waals surface area (Å²) in [5.41, 5.74) is 1.04. The Hall–Kier alpha value is -1.76. The molecule has 0 unspecified atom stereocenters. The predicted molar refractivity (Wildman–Crippen MR) is 90.7 cm³/mol. The number of ether oxygens (including phenoxy) is 1. The van der Waals surface area contributed by atoms with Gasteiger partial charge in [0.2, 0.25) is 0 Å². The summed E-state index contributed by atoms with van der Waals surface area (Å²) < 4.78 is 5.43. The Labute approximate surface area is 136 Å². The minimum atomic E-state index is 0.799. The molecule has 2 saturated heterocycles. The quantitative estimate of drug-likeness (QED) is 0.907. The molecule has 2 aliphatic rings. The number of para-hydroxylation sites is 1. The molecule has 2 fully saturated rings. The van der Waals surface area contributed by atoms with Crippen LogP contribution in [0.1, 0.15) is 5.82 Å². The predicted octanol–water partition coefficient (Wildman–Crippen LogP) is 0.872. The summed E-state index contributed by atoms with van der Waals surface area (Å²) in [4.78, 5) is 14.5. The van der Waals surface area contributed by atoms with Gasteiger partial charge in [0.25, 0.3) is 0 Å². The van der Waals surface area contributed by atoms with Crippen LogP contribution in [-0.2, 0) is 11.3 Å². The van der Waals surface area contributed by atoms with Crippen LogP contribution in [0.4, 0.5) is 5.82 Å². The first-order valence-electron chi connectivity index (χ1n) is 8.41. The van der Waals surface area contributed by atoms with Crippen LogP contribution in [0, 0.1) is 0 Å². The molecule has 0 radical (unpaired) electrons. The lowest BCUT2D eigenvalue weighted by atomic mass is 10.2. The van der Waals surface area contributed by atoms with Gasteiger partial charge in [0.15, 0.2) is 0 Å². The second-order valence-corrected chi connectivity index (χ2v) is 6.11. The number of rotatable bonds is 3. The lowest BCUT2D eigenvalue weighted by Crippen LogP contribution is -2.44. The molecule has 0 saturated carbocycles. The van der Waals surface area contributed by atoms with Crippen molar-refractivity contribution in [3.8, 4) is 0 Å². The molecule has 4 rings (SSSR count). The van der Waals surface area contributed by atoms with Gasteiger partial charge in [-0.2, -0.15) is 0 Å². The monoisotopic (exact) mass is 313 g/mol. The zero-order valence-corrected chi connectivity index (χ0v) is 13.4. The van der Waals surface area contributed by atoms with Gasteiger partial charge in [0.1, 0.15) is 11.6 Å². The van der Waals surface area contributed by atoms with Crippen molar-refractivity contribution < 1.29 is 4.74 Å². The Morgan fingerprint density at radius 3 is 2.61 bits per heavy atom. The van der Waals surface area contributed by atoms with E-state index in [9.17, 15) is 0 Å². The normalized spacial score (nSPS) is 20.1. The fraction of sp³-hybridized carbons (Fsp3) is 0.529. The van der Waals surface area contributed by atoms with E-state index < -0.39 is 0 Å². The molecule has 1 aromatic heterocycles. The van der Waals surface area contributed by atoms with Gasteiger partial charge < -0.3 is 15.0 Å². The van der Waals surface area contributed by atoms with Crippen LogP contribution in [0.2, 0.25) is 0 Å². The van der Waals surface area contributed by atoms with Crippen LogP contribution in [0.5, 0.6) is 0 Å². The summed E-state index contributed by atoms with van der Waals surface area (Å²) in [5, 5.41) is 4.56. The van der Waals surface area contributed by atoms with Gasteiger partial charge in [0.05, 0.1) is 25.3 Å². The van der Waals surface area contributed by atoms with Crippen molar-refractivity contribution in [1.29, 1.82) is 0 Å². The van der Waals surface area contributed by atoms with Gasteiger partial charge in [-0.25, -0.2) is 9.97 Å². The van der Waals surface area contributed by atoms with E-state index in [2.05, 4.69) is 39.4 Å². The molecule has 3 heterocycles. The Kier molecular flexibility index (Phi) is 4.37. The van der Waals surface area contributed by atoms with E-state index in [1.165, 1.54) is 0 Å². The lowest BCUT2D eigenvalue weighted by Gasteiger charge is -2.30. The molecule has 1 aromatic carbocycles. The van der Waals surface area contributed by atoms with Gasteiger partial charge in [-0.1, -0.05) is 12.1 Å². The van der Waals surface area contributed by atoms with Gasteiger partial charge in [-0.15, -0.1) is 0 Å². The number of aromatic nitrogens is 2. The third-order valence-electron chi connectivity index (χ3n) is 4.51. The Morgan fingerprint density at radius 1 is 1.00 bits per heavy atom. The van der Waals surface area contributed by atoms with Crippen LogP contribution in [-0.4, -0.2) is 67.4 Å². The number of nitrogens with one attached hydrogen (secondary N) is 1. The van der Waals surface area contributed by atoms with Crippen molar-refractivity contribution >= 4 is 16.7 Å². The van der Waals surface area contributed by atoms with Crippen molar-refractivity contribution in [1.82, 2.24) is 20.2 Å². The van der Waals surface area contributed by atoms with E-state index in [0.717, 1.165) is 81.6 Å². The van der Waals surface area contributed by atoms with Crippen LogP contribution in [0.15, 0.2) is 24.3 Å². The maximum absolute atomic E-state index is 5.43. The summed E-state index contributed by atoms with van der Waals surface area (Å²) in [7, 11) is 0. The van der Waals surface area contributed by atoms with Gasteiger partial charge in [-0.3, -0.25) is 4.90 Å². The first kappa shape index (κ1) is 14.8. The first-order valence-corrected chi connectivity index (χ1v) is 8.41. The summed E-state index contributed by atoms with van der Waals surface area (Å²) in [6.07, 6.45) is 0. The molecule has 0 amide bonds. The fourth-order valence-corrected chi connectivity index (χ4v) is 3.25. The summed E-state index contributed by atoms with van der Waals surface area (Å²) in [5.74, 6) is 2.00. The van der Waals surface area contributed by atoms with E-state index in [4.69, 9.17) is 14.7 Å². The molecule has 1 N–H and O–H groups in total. The average molecular weight is 313 g/mol. The van der Waals surface area contributed by atoms with Crippen LogP contribution < -0.4 is 10.2 Å². The molecule has 6 heteroatoms. The highest BCUT2D eigenvalue weighted by Crippen LogP contribution is 2.24. The Bertz CT molecular complexity index is 665. The number of nitrogens with zero attached hydrogens (tertiary/aromatic N) is 4. The lowest BCUT2D eigenvalue weighted by molar-refractivity contribution is 0.0331. The summed E-state index contributed by atoms with van der Waals surface area (Å²) >= 11 is 0. The highest BCUT2D eigenvalue weighted by atomic mass is 16.5. The summed E-state index contributed by atoms with van der Waals surface area (Å²) in [6, 6.07) is 8.34. The smallest absolute Gasteiger partial charge is 0.145 e. The molecular formula is C17H23N5O. The van der Waals surface area contributed by atoms with E-state index in [1.807, 2.05) is 0 Å². The first-order chi connectivity index (χ1) is 11.4. The van der Waals surface area contributed by atoms with E-state index in [0.29, 0.717) is 0 Å². The van der Waals surface area contributed by atoms with Crippen molar-refractivity contribution in [2.24, 2.45) is 0 Å². The highest BCUT2D eigenvalue weighted by molar-refractivity contribution is 5.89. The Balaban J connectivity index is 1.67. The van der Waals surface area contributed by atoms with Crippen molar-refractivity contribution in [2.75, 3.05) is 57.4 Å². The molecule has 2 aromatic rings. The van der Waals surface area contributed by atoms with E-state index in [1.54, 1.807) is 0 Å². The highest BCUT2D eigenvalue weighted by Gasteiger charge is 2.18. The molecular weight excluding hydrogens is 290 g/mol. The molecule has 0 spiro atoms. The van der Waals surface area contributed by atoms with E-state index in [-0.39, 0.29) is 0 Å². The third-order valence-corrected chi connectivity index (χ3v) is 4.51. The summed E-state index contributed by atoms with van der Waals surface area (Å²) in [6.45, 7) is 8.34. The number of hydrogen-bond donors (Lipinski definition) is 1. The largest absolute Gasteiger partial charge is 0.379 e. The third kappa shape index (κ3) is 3.29. The molecule has 2 aliphatic heterocycles. The molecule has 122 valence electrons. The van der Waals surface area contributed by atoms with E-state index >= 15 is 0 Å². The topological polar surface area (TPSA) is 53.5 Å². The minimum Gasteiger partial charge on any atom is -0.379 e. The molecule has 0 bridgehead atoms. The van der Waals surface area contributed by atoms with Crippen LogP contribution in [0.3, 0.4) is 0 Å². The number of piperazine rings is 1. The fourth-order valence-electron chi connectivity index (χ4n) is 3.25. The number of anilines is 1. The molecule has 0 atom stereocenters. The molecule has 6 nitrogen and oxygen atoms in total. The second kappa shape index (κ2) is 6.78. The Morgan fingerprint density at radius 2 is 1.78 bits per heavy atom. The number of benzene rings is 1. The van der Waals surface area contributed by atoms with Crippen LogP contribution >= 0.6 is 0 Å². The van der Waals surface area contributed by atoms with Gasteiger partial charge in [-0.05, 0) is 12.1 Å². The molecule has 23 heavy (non-hydrogen) atoms. The number of morpholine rings is 1. The van der Waals surface area contributed by atoms with Crippen LogP contribution in [0.25, 0.3) is 10.9 Å². The second-order valence-electron chi connectivity index (χ2n) is 6.11. The minimum absolute atomic E-state index is 0.799. The number of hydrogen-bond acceptors (Lipinski definition) is 6. The maximum atomic E-state index is 5.43. The standard InChI is InChI=1S/C17H23N5O/c1-2-4-15-14(3-1)17(22-7-5-18-6-8-22)20-16(19-15)13-21-9-11-23-12-10-21/h1-4,18H,5-13H2. The maximum Gasteiger partial charge on any atom is 0.145 e. The average Bonchev–Trinajstić information content (AvgIpc) is 2.63. The SMILES string of the molecule is c1ccc2c(N3CCNCC3)nc(CN3CCOCC3)nc2c1. The molecule has 0 aliphatic carbocycles. The van der Waals surface area contributed by atoms with Gasteiger partial charge >= 0.3 is 0 Å². The van der Waals surface area contributed by atoms with Crippen molar-refractivity contribution in [3.63, 3.8) is 0 Å². The zero-order valence-electron chi connectivity index (χ0n) is 13.4. The zero-order chi connectivity index (χ0) is 15.5.